The molecule has 24 heavy (non-hydrogen) atoms. The molecule has 0 aromatic carbocycles. The van der Waals surface area contributed by atoms with E-state index in [4.69, 9.17) is 4.52 Å². The van der Waals surface area contributed by atoms with Gasteiger partial charge in [0, 0.05) is 0 Å². The molecule has 0 bridgehead atoms. The van der Waals surface area contributed by atoms with E-state index in [1.165, 1.54) is 27.7 Å². The number of aryl methyl sites for hydroxylation is 2. The highest BCUT2D eigenvalue weighted by atomic mass is 32.2. The van der Waals surface area contributed by atoms with E-state index >= 15 is 0 Å². The minimum absolute atomic E-state index is 0.106. The molecule has 0 fully saturated rings. The summed E-state index contributed by atoms with van der Waals surface area (Å²) in [6, 6.07) is -1.17. The van der Waals surface area contributed by atoms with Crippen LogP contribution in [0.2, 0.25) is 0 Å². The highest BCUT2D eigenvalue weighted by Crippen LogP contribution is 2.19. The van der Waals surface area contributed by atoms with Crippen LogP contribution in [0.4, 0.5) is 0 Å². The van der Waals surface area contributed by atoms with E-state index in [0.29, 0.717) is 6.42 Å². The third kappa shape index (κ3) is 4.32. The Bertz CT molecular complexity index is 707. The molecule has 0 spiro atoms. The van der Waals surface area contributed by atoms with Gasteiger partial charge in [-0.2, -0.15) is 4.72 Å². The molecular weight excluding hydrogens is 338 g/mol. The second kappa shape index (κ2) is 7.31. The minimum atomic E-state index is -4.03. The molecule has 1 amide bonds. The van der Waals surface area contributed by atoms with Crippen LogP contribution >= 0.6 is 0 Å². The summed E-state index contributed by atoms with van der Waals surface area (Å²) in [5.41, 5.74) is -1.29. The summed E-state index contributed by atoms with van der Waals surface area (Å²) in [6.07, 6.45) is 0.764. The monoisotopic (exact) mass is 361 g/mol. The zero-order valence-electron chi connectivity index (χ0n) is 14.3. The summed E-state index contributed by atoms with van der Waals surface area (Å²) >= 11 is 0. The molecule has 0 aliphatic rings. The van der Waals surface area contributed by atoms with Crippen LogP contribution in [-0.2, 0) is 19.6 Å². The first-order valence-electron chi connectivity index (χ1n) is 7.45. The van der Waals surface area contributed by atoms with Crippen molar-refractivity contribution in [2.75, 3.05) is 0 Å². The Kier molecular flexibility index (Phi) is 6.12. The van der Waals surface area contributed by atoms with Gasteiger partial charge in [-0.25, -0.2) is 13.2 Å². The molecular formula is C14H23N3O6S. The van der Waals surface area contributed by atoms with Crippen molar-refractivity contribution < 1.29 is 27.6 Å². The van der Waals surface area contributed by atoms with Crippen molar-refractivity contribution in [1.29, 1.82) is 0 Å². The fourth-order valence-electron chi connectivity index (χ4n) is 2.31. The number of aliphatic carboxylic acids is 1. The van der Waals surface area contributed by atoms with Crippen LogP contribution in [0.3, 0.4) is 0 Å². The second-order valence-corrected chi connectivity index (χ2v) is 7.52. The summed E-state index contributed by atoms with van der Waals surface area (Å²) in [7, 11) is -4.03. The molecule has 0 aliphatic heterocycles. The fourth-order valence-corrected chi connectivity index (χ4v) is 3.84. The lowest BCUT2D eigenvalue weighted by Gasteiger charge is -2.27. The Balaban J connectivity index is 2.93. The normalized spacial score (nSPS) is 15.5. The summed E-state index contributed by atoms with van der Waals surface area (Å²) in [6.45, 7) is 7.42. The predicted octanol–water partition coefficient (Wildman–Crippen LogP) is 0.718. The Labute approximate surface area is 140 Å². The molecule has 2 unspecified atom stereocenters. The molecule has 1 aromatic rings. The van der Waals surface area contributed by atoms with Gasteiger partial charge in [0.2, 0.25) is 15.9 Å². The number of carbonyl (C=O) groups excluding carboxylic acids is 1. The van der Waals surface area contributed by atoms with Crippen molar-refractivity contribution >= 4 is 21.9 Å². The third-order valence-electron chi connectivity index (χ3n) is 3.58. The number of hydrogen-bond acceptors (Lipinski definition) is 6. The lowest BCUT2D eigenvalue weighted by Crippen LogP contribution is -2.57. The highest BCUT2D eigenvalue weighted by Gasteiger charge is 2.36. The van der Waals surface area contributed by atoms with Crippen molar-refractivity contribution in [1.82, 2.24) is 15.2 Å². The first kappa shape index (κ1) is 20.1. The summed E-state index contributed by atoms with van der Waals surface area (Å²) in [5.74, 6) is -1.81. The number of aromatic nitrogens is 1. The number of rotatable bonds is 8. The van der Waals surface area contributed by atoms with Crippen molar-refractivity contribution in [3.63, 3.8) is 0 Å². The number of hydrogen-bond donors (Lipinski definition) is 3. The Morgan fingerprint density at radius 2 is 1.96 bits per heavy atom. The maximum atomic E-state index is 12.4. The molecule has 0 radical (unpaired) electrons. The third-order valence-corrected chi connectivity index (χ3v) is 5.37. The number of carboxylic acids is 1. The molecule has 10 heteroatoms. The van der Waals surface area contributed by atoms with Crippen LogP contribution in [0.5, 0.6) is 0 Å². The van der Waals surface area contributed by atoms with Gasteiger partial charge in [0.15, 0.2) is 5.76 Å². The van der Waals surface area contributed by atoms with Crippen molar-refractivity contribution in [3.05, 3.63) is 11.5 Å². The summed E-state index contributed by atoms with van der Waals surface area (Å²) in [4.78, 5) is 23.4. The van der Waals surface area contributed by atoms with Crippen LogP contribution in [-0.4, -0.2) is 42.1 Å². The Morgan fingerprint density at radius 1 is 1.38 bits per heavy atom. The molecule has 3 N–H and O–H groups in total. The lowest BCUT2D eigenvalue weighted by atomic mass is 9.96. The van der Waals surface area contributed by atoms with Gasteiger partial charge < -0.3 is 14.9 Å². The van der Waals surface area contributed by atoms with E-state index in [9.17, 15) is 23.1 Å². The average molecular weight is 361 g/mol. The van der Waals surface area contributed by atoms with Crippen LogP contribution < -0.4 is 10.0 Å². The van der Waals surface area contributed by atoms with Gasteiger partial charge in [-0.1, -0.05) is 18.5 Å². The zero-order valence-corrected chi connectivity index (χ0v) is 15.2. The molecule has 1 rings (SSSR count). The number of carboxylic acid groups (broad SMARTS) is 1. The minimum Gasteiger partial charge on any atom is -0.480 e. The number of carbonyl (C=O) groups is 2. The van der Waals surface area contributed by atoms with Crippen molar-refractivity contribution in [2.24, 2.45) is 0 Å². The molecule has 1 heterocycles. The van der Waals surface area contributed by atoms with E-state index in [1.807, 2.05) is 0 Å². The second-order valence-electron chi connectivity index (χ2n) is 5.87. The van der Waals surface area contributed by atoms with E-state index < -0.39 is 33.5 Å². The molecule has 1 aromatic heterocycles. The van der Waals surface area contributed by atoms with Gasteiger partial charge in [0.1, 0.15) is 16.1 Å². The largest absolute Gasteiger partial charge is 0.480 e. The molecule has 2 atom stereocenters. The average Bonchev–Trinajstić information content (AvgIpc) is 2.78. The number of amides is 1. The molecule has 0 saturated carbocycles. The molecule has 136 valence electrons. The SMILES string of the molecule is CCCC(C)(NC(=O)C(C)NS(=O)(=O)c1c(C)noc1C)C(=O)O. The van der Waals surface area contributed by atoms with E-state index in [2.05, 4.69) is 15.2 Å². The topological polar surface area (TPSA) is 139 Å². The number of sulfonamides is 1. The van der Waals surface area contributed by atoms with Gasteiger partial charge in [-0.3, -0.25) is 4.79 Å². The van der Waals surface area contributed by atoms with Gasteiger partial charge in [-0.05, 0) is 34.1 Å². The number of nitrogens with one attached hydrogen (secondary N) is 2. The van der Waals surface area contributed by atoms with Crippen LogP contribution in [0, 0.1) is 13.8 Å². The van der Waals surface area contributed by atoms with Gasteiger partial charge >= 0.3 is 5.97 Å². The van der Waals surface area contributed by atoms with Crippen molar-refractivity contribution in [3.8, 4) is 0 Å². The standard InChI is InChI=1S/C14H23N3O6S/c1-6-7-14(5,13(19)20)15-12(18)9(3)17-24(21,22)11-8(2)16-23-10(11)4/h9,17H,6-7H2,1-5H3,(H,15,18)(H,19,20). The quantitative estimate of drug-likeness (QED) is 0.620. The Morgan fingerprint density at radius 3 is 2.38 bits per heavy atom. The number of nitrogens with zero attached hydrogens (tertiary/aromatic N) is 1. The smallest absolute Gasteiger partial charge is 0.329 e. The predicted molar refractivity (Wildman–Crippen MR) is 84.9 cm³/mol. The Hall–Kier alpha value is -1.94. The molecule has 0 saturated heterocycles. The fraction of sp³-hybridized carbons (Fsp3) is 0.643. The van der Waals surface area contributed by atoms with Crippen LogP contribution in [0.15, 0.2) is 9.42 Å². The zero-order chi connectivity index (χ0) is 18.7. The molecule has 0 aliphatic carbocycles. The maximum Gasteiger partial charge on any atom is 0.329 e. The highest BCUT2D eigenvalue weighted by molar-refractivity contribution is 7.89. The van der Waals surface area contributed by atoms with E-state index in [0.717, 1.165) is 0 Å². The van der Waals surface area contributed by atoms with Crippen LogP contribution in [0.1, 0.15) is 45.1 Å². The molecule has 9 nitrogen and oxygen atoms in total. The van der Waals surface area contributed by atoms with Gasteiger partial charge in [0.05, 0.1) is 6.04 Å². The van der Waals surface area contributed by atoms with E-state index in [1.54, 1.807) is 6.92 Å². The summed E-state index contributed by atoms with van der Waals surface area (Å²) < 4.78 is 31.8. The first-order valence-corrected chi connectivity index (χ1v) is 8.93. The summed E-state index contributed by atoms with van der Waals surface area (Å²) in [5, 5.41) is 15.2. The van der Waals surface area contributed by atoms with Gasteiger partial charge in [-0.15, -0.1) is 0 Å². The lowest BCUT2D eigenvalue weighted by molar-refractivity contribution is -0.147. The van der Waals surface area contributed by atoms with Crippen LogP contribution in [0.25, 0.3) is 0 Å². The van der Waals surface area contributed by atoms with E-state index in [-0.39, 0.29) is 22.8 Å². The maximum absolute atomic E-state index is 12.4. The van der Waals surface area contributed by atoms with Crippen molar-refractivity contribution in [2.45, 2.75) is 63.9 Å². The van der Waals surface area contributed by atoms with Gasteiger partial charge in [0.25, 0.3) is 0 Å². The first-order chi connectivity index (χ1) is 10.9.